The summed E-state index contributed by atoms with van der Waals surface area (Å²) in [5.74, 6) is 0.760. The predicted molar refractivity (Wildman–Crippen MR) is 72.1 cm³/mol. The number of esters is 1. The minimum Gasteiger partial charge on any atom is -0.492 e. The minimum absolute atomic E-state index is 0.306. The minimum atomic E-state index is -0.306. The Labute approximate surface area is 109 Å². The predicted octanol–water partition coefficient (Wildman–Crippen LogP) is 3.60. The van der Waals surface area contributed by atoms with E-state index in [4.69, 9.17) is 9.47 Å². The molecule has 0 unspecified atom stereocenters. The topological polar surface area (TPSA) is 35.5 Å². The molecule has 0 fully saturated rings. The molecule has 0 aliphatic rings. The molecule has 0 aliphatic carbocycles. The molecule has 18 heavy (non-hydrogen) atoms. The SMILES string of the molecule is CCCOC(=O)c1cccc(C)c1OCC(C)C. The van der Waals surface area contributed by atoms with Gasteiger partial charge in [-0.15, -0.1) is 0 Å². The normalized spacial score (nSPS) is 10.5. The first kappa shape index (κ1) is 14.6. The second-order valence-corrected chi connectivity index (χ2v) is 4.79. The van der Waals surface area contributed by atoms with Gasteiger partial charge in [0.05, 0.1) is 13.2 Å². The highest BCUT2D eigenvalue weighted by Crippen LogP contribution is 2.24. The van der Waals surface area contributed by atoms with Crippen molar-refractivity contribution in [2.45, 2.75) is 34.1 Å². The Morgan fingerprint density at radius 1 is 1.33 bits per heavy atom. The summed E-state index contributed by atoms with van der Waals surface area (Å²) in [5.41, 5.74) is 1.48. The van der Waals surface area contributed by atoms with Gasteiger partial charge in [-0.2, -0.15) is 0 Å². The zero-order chi connectivity index (χ0) is 13.5. The van der Waals surface area contributed by atoms with Crippen LogP contribution in [0, 0.1) is 12.8 Å². The highest BCUT2D eigenvalue weighted by atomic mass is 16.5. The maximum Gasteiger partial charge on any atom is 0.341 e. The molecule has 0 saturated heterocycles. The van der Waals surface area contributed by atoms with Gasteiger partial charge in [-0.1, -0.05) is 32.9 Å². The van der Waals surface area contributed by atoms with Crippen LogP contribution in [0.3, 0.4) is 0 Å². The van der Waals surface area contributed by atoms with E-state index in [-0.39, 0.29) is 5.97 Å². The number of hydrogen-bond acceptors (Lipinski definition) is 3. The maximum atomic E-state index is 11.9. The molecule has 0 bridgehead atoms. The summed E-state index contributed by atoms with van der Waals surface area (Å²) >= 11 is 0. The summed E-state index contributed by atoms with van der Waals surface area (Å²) in [4.78, 5) is 11.9. The van der Waals surface area contributed by atoms with Crippen molar-refractivity contribution in [1.82, 2.24) is 0 Å². The van der Waals surface area contributed by atoms with E-state index in [1.54, 1.807) is 6.07 Å². The molecule has 0 aromatic heterocycles. The fraction of sp³-hybridized carbons (Fsp3) is 0.533. The zero-order valence-electron chi connectivity index (χ0n) is 11.7. The van der Waals surface area contributed by atoms with Gasteiger partial charge in [-0.05, 0) is 30.9 Å². The van der Waals surface area contributed by atoms with Crippen LogP contribution in [0.25, 0.3) is 0 Å². The Morgan fingerprint density at radius 3 is 2.67 bits per heavy atom. The number of benzene rings is 1. The third-order valence-corrected chi connectivity index (χ3v) is 2.43. The zero-order valence-corrected chi connectivity index (χ0v) is 11.7. The standard InChI is InChI=1S/C15H22O3/c1-5-9-17-15(16)13-8-6-7-12(4)14(13)18-10-11(2)3/h6-8,11H,5,9-10H2,1-4H3. The van der Waals surface area contributed by atoms with Crippen LogP contribution in [0.1, 0.15) is 43.1 Å². The molecule has 0 radical (unpaired) electrons. The summed E-state index contributed by atoms with van der Waals surface area (Å²) in [6, 6.07) is 5.53. The largest absolute Gasteiger partial charge is 0.492 e. The molecule has 3 heteroatoms. The van der Waals surface area contributed by atoms with Crippen molar-refractivity contribution < 1.29 is 14.3 Å². The molecule has 1 aromatic rings. The lowest BCUT2D eigenvalue weighted by molar-refractivity contribution is 0.0499. The average Bonchev–Trinajstić information content (AvgIpc) is 2.34. The molecule has 0 aliphatic heterocycles. The van der Waals surface area contributed by atoms with E-state index in [1.807, 2.05) is 26.0 Å². The number of rotatable bonds is 6. The number of aryl methyl sites for hydroxylation is 1. The lowest BCUT2D eigenvalue weighted by atomic mass is 10.1. The third-order valence-electron chi connectivity index (χ3n) is 2.43. The van der Waals surface area contributed by atoms with Gasteiger partial charge in [0.2, 0.25) is 0 Å². The van der Waals surface area contributed by atoms with Crippen LogP contribution < -0.4 is 4.74 Å². The Bertz CT molecular complexity index is 397. The van der Waals surface area contributed by atoms with E-state index in [1.165, 1.54) is 0 Å². The first-order valence-electron chi connectivity index (χ1n) is 6.45. The smallest absolute Gasteiger partial charge is 0.341 e. The lowest BCUT2D eigenvalue weighted by Gasteiger charge is -2.14. The van der Waals surface area contributed by atoms with Gasteiger partial charge in [-0.3, -0.25) is 0 Å². The summed E-state index contributed by atoms with van der Waals surface area (Å²) < 4.78 is 10.9. The summed E-state index contributed by atoms with van der Waals surface area (Å²) in [5, 5.41) is 0. The van der Waals surface area contributed by atoms with Crippen molar-refractivity contribution in [1.29, 1.82) is 0 Å². The second kappa shape index (κ2) is 7.04. The van der Waals surface area contributed by atoms with E-state index in [9.17, 15) is 4.79 Å². The van der Waals surface area contributed by atoms with E-state index >= 15 is 0 Å². The van der Waals surface area contributed by atoms with Crippen LogP contribution in [0.4, 0.5) is 0 Å². The first-order valence-corrected chi connectivity index (χ1v) is 6.45. The van der Waals surface area contributed by atoms with Crippen molar-refractivity contribution >= 4 is 5.97 Å². The summed E-state index contributed by atoms with van der Waals surface area (Å²) in [6.07, 6.45) is 0.819. The molecule has 1 rings (SSSR count). The summed E-state index contributed by atoms with van der Waals surface area (Å²) in [7, 11) is 0. The average molecular weight is 250 g/mol. The van der Waals surface area contributed by atoms with E-state index in [2.05, 4.69) is 13.8 Å². The highest BCUT2D eigenvalue weighted by molar-refractivity contribution is 5.93. The van der Waals surface area contributed by atoms with Gasteiger partial charge in [0, 0.05) is 0 Å². The molecule has 0 spiro atoms. The monoisotopic (exact) mass is 250 g/mol. The Morgan fingerprint density at radius 2 is 2.06 bits per heavy atom. The van der Waals surface area contributed by atoms with Crippen molar-refractivity contribution in [3.05, 3.63) is 29.3 Å². The molecule has 0 atom stereocenters. The highest BCUT2D eigenvalue weighted by Gasteiger charge is 2.16. The summed E-state index contributed by atoms with van der Waals surface area (Å²) in [6.45, 7) is 9.10. The van der Waals surface area contributed by atoms with Gasteiger partial charge in [0.25, 0.3) is 0 Å². The second-order valence-electron chi connectivity index (χ2n) is 4.79. The number of ether oxygens (including phenoxy) is 2. The fourth-order valence-electron chi connectivity index (χ4n) is 1.53. The first-order chi connectivity index (χ1) is 8.56. The Balaban J connectivity index is 2.89. The molecule has 0 N–H and O–H groups in total. The van der Waals surface area contributed by atoms with Crippen LogP contribution in [0.2, 0.25) is 0 Å². The number of hydrogen-bond donors (Lipinski definition) is 0. The van der Waals surface area contributed by atoms with Gasteiger partial charge in [0.15, 0.2) is 0 Å². The third kappa shape index (κ3) is 4.06. The molecule has 1 aromatic carbocycles. The number of carbonyl (C=O) groups is 1. The van der Waals surface area contributed by atoms with E-state index in [0.29, 0.717) is 30.4 Å². The van der Waals surface area contributed by atoms with E-state index in [0.717, 1.165) is 12.0 Å². The van der Waals surface area contributed by atoms with Crippen LogP contribution in [-0.4, -0.2) is 19.2 Å². The van der Waals surface area contributed by atoms with Gasteiger partial charge >= 0.3 is 5.97 Å². The molecule has 3 nitrogen and oxygen atoms in total. The van der Waals surface area contributed by atoms with Gasteiger partial charge < -0.3 is 9.47 Å². The van der Waals surface area contributed by atoms with Gasteiger partial charge in [0.1, 0.15) is 11.3 Å². The quantitative estimate of drug-likeness (QED) is 0.724. The van der Waals surface area contributed by atoms with Crippen molar-refractivity contribution in [3.8, 4) is 5.75 Å². The number of para-hydroxylation sites is 1. The van der Waals surface area contributed by atoms with Crippen LogP contribution in [0.5, 0.6) is 5.75 Å². The van der Waals surface area contributed by atoms with Gasteiger partial charge in [-0.25, -0.2) is 4.79 Å². The van der Waals surface area contributed by atoms with Crippen LogP contribution in [-0.2, 0) is 4.74 Å². The van der Waals surface area contributed by atoms with Crippen LogP contribution >= 0.6 is 0 Å². The van der Waals surface area contributed by atoms with E-state index < -0.39 is 0 Å². The number of carbonyl (C=O) groups excluding carboxylic acids is 1. The molecular weight excluding hydrogens is 228 g/mol. The molecule has 0 saturated carbocycles. The molecular formula is C15H22O3. The lowest BCUT2D eigenvalue weighted by Crippen LogP contribution is -2.12. The van der Waals surface area contributed by atoms with Crippen molar-refractivity contribution in [3.63, 3.8) is 0 Å². The molecule has 0 heterocycles. The molecule has 0 amide bonds. The van der Waals surface area contributed by atoms with Crippen molar-refractivity contribution in [2.24, 2.45) is 5.92 Å². The fourth-order valence-corrected chi connectivity index (χ4v) is 1.53. The Hall–Kier alpha value is -1.51. The Kier molecular flexibility index (Phi) is 5.69. The maximum absolute atomic E-state index is 11.9. The van der Waals surface area contributed by atoms with Crippen molar-refractivity contribution in [2.75, 3.05) is 13.2 Å². The van der Waals surface area contributed by atoms with Crippen LogP contribution in [0.15, 0.2) is 18.2 Å². The molecule has 100 valence electrons.